The van der Waals surface area contributed by atoms with Crippen molar-refractivity contribution in [3.63, 3.8) is 0 Å². The molecule has 1 aromatic rings. The Kier molecular flexibility index (Phi) is 5.24. The topological polar surface area (TPSA) is 41.3 Å². The third-order valence-corrected chi connectivity index (χ3v) is 4.23. The van der Waals surface area contributed by atoms with E-state index in [9.17, 15) is 4.39 Å². The van der Waals surface area contributed by atoms with Gasteiger partial charge in [-0.15, -0.1) is 0 Å². The summed E-state index contributed by atoms with van der Waals surface area (Å²) >= 11 is 5.90. The molecule has 5 heteroatoms. The zero-order chi connectivity index (χ0) is 14.6. The molecular formula is C15H23ClFN3. The van der Waals surface area contributed by atoms with E-state index in [1.807, 2.05) is 0 Å². The van der Waals surface area contributed by atoms with Gasteiger partial charge in [-0.05, 0) is 44.0 Å². The lowest BCUT2D eigenvalue weighted by Crippen LogP contribution is -2.53. The fourth-order valence-electron chi connectivity index (χ4n) is 2.83. The molecule has 1 aliphatic rings. The Balaban J connectivity index is 2.05. The highest BCUT2D eigenvalue weighted by Gasteiger charge is 2.33. The molecule has 2 rings (SSSR count). The number of nitrogens with zero attached hydrogens (tertiary/aromatic N) is 1. The molecule has 3 nitrogen and oxygen atoms in total. The van der Waals surface area contributed by atoms with Crippen molar-refractivity contribution in [2.24, 2.45) is 5.73 Å². The van der Waals surface area contributed by atoms with Gasteiger partial charge in [0.25, 0.3) is 0 Å². The van der Waals surface area contributed by atoms with Crippen molar-refractivity contribution in [3.8, 4) is 0 Å². The highest BCUT2D eigenvalue weighted by Crippen LogP contribution is 2.28. The number of halogens is 2. The van der Waals surface area contributed by atoms with Crippen molar-refractivity contribution in [1.29, 1.82) is 0 Å². The average Bonchev–Trinajstić information content (AvgIpc) is 2.40. The van der Waals surface area contributed by atoms with E-state index in [1.54, 1.807) is 6.07 Å². The molecule has 20 heavy (non-hydrogen) atoms. The van der Waals surface area contributed by atoms with Crippen molar-refractivity contribution < 1.29 is 4.39 Å². The summed E-state index contributed by atoms with van der Waals surface area (Å²) in [7, 11) is 0. The van der Waals surface area contributed by atoms with Crippen LogP contribution in [0.4, 0.5) is 10.1 Å². The fourth-order valence-corrected chi connectivity index (χ4v) is 3.06. The van der Waals surface area contributed by atoms with E-state index < -0.39 is 0 Å². The van der Waals surface area contributed by atoms with E-state index in [2.05, 4.69) is 17.1 Å². The molecule has 0 spiro atoms. The molecule has 3 N–H and O–H groups in total. The van der Waals surface area contributed by atoms with Crippen LogP contribution in [0.25, 0.3) is 0 Å². The number of hydrogen-bond acceptors (Lipinski definition) is 3. The minimum Gasteiger partial charge on any atom is -0.378 e. The summed E-state index contributed by atoms with van der Waals surface area (Å²) in [5, 5.41) is 3.82. The molecular weight excluding hydrogens is 277 g/mol. The van der Waals surface area contributed by atoms with E-state index in [4.69, 9.17) is 17.3 Å². The Morgan fingerprint density at radius 1 is 1.35 bits per heavy atom. The molecule has 1 fully saturated rings. The highest BCUT2D eigenvalue weighted by molar-refractivity contribution is 6.30. The van der Waals surface area contributed by atoms with E-state index in [1.165, 1.54) is 18.6 Å². The molecule has 0 amide bonds. The predicted molar refractivity (Wildman–Crippen MR) is 82.8 cm³/mol. The molecule has 1 saturated heterocycles. The van der Waals surface area contributed by atoms with Crippen LogP contribution in [0.2, 0.25) is 5.02 Å². The Hall–Kier alpha value is -0.840. The van der Waals surface area contributed by atoms with Crippen LogP contribution < -0.4 is 11.1 Å². The first-order chi connectivity index (χ1) is 9.57. The predicted octanol–water partition coefficient (Wildman–Crippen LogP) is 3.09. The van der Waals surface area contributed by atoms with Crippen LogP contribution in [-0.4, -0.2) is 36.6 Å². The van der Waals surface area contributed by atoms with Crippen molar-refractivity contribution in [3.05, 3.63) is 29.0 Å². The van der Waals surface area contributed by atoms with Gasteiger partial charge >= 0.3 is 0 Å². The first-order valence-electron chi connectivity index (χ1n) is 7.23. The van der Waals surface area contributed by atoms with E-state index in [-0.39, 0.29) is 11.4 Å². The van der Waals surface area contributed by atoms with Crippen molar-refractivity contribution in [2.45, 2.75) is 31.7 Å². The Bertz CT molecular complexity index is 424. The largest absolute Gasteiger partial charge is 0.378 e. The molecule has 0 aromatic heterocycles. The molecule has 1 aliphatic heterocycles. The zero-order valence-electron chi connectivity index (χ0n) is 12.0. The number of anilines is 1. The minimum absolute atomic E-state index is 0.151. The number of piperidine rings is 1. The van der Waals surface area contributed by atoms with E-state index in [0.717, 1.165) is 32.5 Å². The lowest BCUT2D eigenvalue weighted by Gasteiger charge is -2.42. The van der Waals surface area contributed by atoms with E-state index in [0.29, 0.717) is 17.3 Å². The Morgan fingerprint density at radius 2 is 2.05 bits per heavy atom. The van der Waals surface area contributed by atoms with Crippen LogP contribution in [0.15, 0.2) is 18.2 Å². The zero-order valence-corrected chi connectivity index (χ0v) is 12.7. The minimum atomic E-state index is -0.324. The standard InChI is InChI=1S/C15H23ClFN3/c1-2-5-20-6-3-15(11-18,4-7-20)19-14-9-12(16)8-13(17)10-14/h8-10,19H,2-7,11,18H2,1H3. The molecule has 1 aromatic carbocycles. The maximum atomic E-state index is 13.4. The molecule has 0 saturated carbocycles. The van der Waals surface area contributed by atoms with Gasteiger partial charge in [0.15, 0.2) is 0 Å². The first-order valence-corrected chi connectivity index (χ1v) is 7.61. The molecule has 0 atom stereocenters. The Morgan fingerprint density at radius 3 is 2.60 bits per heavy atom. The first kappa shape index (κ1) is 15.5. The van der Waals surface area contributed by atoms with Crippen molar-refractivity contribution in [2.75, 3.05) is 31.5 Å². The number of likely N-dealkylation sites (tertiary alicyclic amines) is 1. The lowest BCUT2D eigenvalue weighted by molar-refractivity contribution is 0.177. The summed E-state index contributed by atoms with van der Waals surface area (Å²) in [5.74, 6) is -0.324. The highest BCUT2D eigenvalue weighted by atomic mass is 35.5. The van der Waals surface area contributed by atoms with Gasteiger partial charge in [0, 0.05) is 30.3 Å². The van der Waals surface area contributed by atoms with Crippen LogP contribution in [0, 0.1) is 5.82 Å². The maximum absolute atomic E-state index is 13.4. The number of nitrogens with one attached hydrogen (secondary N) is 1. The average molecular weight is 300 g/mol. The van der Waals surface area contributed by atoms with Gasteiger partial charge in [-0.2, -0.15) is 0 Å². The Labute approximate surface area is 125 Å². The smallest absolute Gasteiger partial charge is 0.126 e. The molecule has 0 bridgehead atoms. The van der Waals surface area contributed by atoms with Crippen LogP contribution in [0.5, 0.6) is 0 Å². The lowest BCUT2D eigenvalue weighted by atomic mass is 9.87. The second kappa shape index (κ2) is 6.74. The van der Waals surface area contributed by atoms with Gasteiger partial charge in [0.2, 0.25) is 0 Å². The molecule has 0 aliphatic carbocycles. The fraction of sp³-hybridized carbons (Fsp3) is 0.600. The van der Waals surface area contributed by atoms with Gasteiger partial charge < -0.3 is 16.0 Å². The number of benzene rings is 1. The molecule has 112 valence electrons. The van der Waals surface area contributed by atoms with Gasteiger partial charge in [0.1, 0.15) is 5.82 Å². The summed E-state index contributed by atoms with van der Waals surface area (Å²) in [6.07, 6.45) is 3.11. The van der Waals surface area contributed by atoms with Crippen LogP contribution >= 0.6 is 11.6 Å². The van der Waals surface area contributed by atoms with Gasteiger partial charge in [0.05, 0.1) is 5.54 Å². The summed E-state index contributed by atoms with van der Waals surface area (Å²) in [5.41, 5.74) is 6.53. The second-order valence-corrected chi connectivity index (χ2v) is 6.05. The van der Waals surface area contributed by atoms with Crippen molar-refractivity contribution >= 4 is 17.3 Å². The molecule has 1 heterocycles. The summed E-state index contributed by atoms with van der Waals surface area (Å²) in [6.45, 7) is 5.92. The summed E-state index contributed by atoms with van der Waals surface area (Å²) < 4.78 is 13.4. The van der Waals surface area contributed by atoms with Crippen LogP contribution in [0.3, 0.4) is 0 Å². The normalized spacial score (nSPS) is 19.0. The third kappa shape index (κ3) is 3.84. The van der Waals surface area contributed by atoms with Crippen LogP contribution in [0.1, 0.15) is 26.2 Å². The molecule has 0 radical (unpaired) electrons. The van der Waals surface area contributed by atoms with Gasteiger partial charge in [-0.1, -0.05) is 18.5 Å². The SMILES string of the molecule is CCCN1CCC(CN)(Nc2cc(F)cc(Cl)c2)CC1. The van der Waals surface area contributed by atoms with Crippen molar-refractivity contribution in [1.82, 2.24) is 4.90 Å². The van der Waals surface area contributed by atoms with Gasteiger partial charge in [-0.25, -0.2) is 4.39 Å². The number of hydrogen-bond donors (Lipinski definition) is 2. The summed E-state index contributed by atoms with van der Waals surface area (Å²) in [4.78, 5) is 2.45. The third-order valence-electron chi connectivity index (χ3n) is 4.02. The maximum Gasteiger partial charge on any atom is 0.126 e. The molecule has 0 unspecified atom stereocenters. The second-order valence-electron chi connectivity index (χ2n) is 5.61. The number of rotatable bonds is 5. The number of nitrogens with two attached hydrogens (primary N) is 1. The monoisotopic (exact) mass is 299 g/mol. The van der Waals surface area contributed by atoms with Gasteiger partial charge in [-0.3, -0.25) is 0 Å². The quantitative estimate of drug-likeness (QED) is 0.878. The summed E-state index contributed by atoms with van der Waals surface area (Å²) in [6, 6.07) is 4.54. The van der Waals surface area contributed by atoms with Crippen LogP contribution in [-0.2, 0) is 0 Å². The van der Waals surface area contributed by atoms with E-state index >= 15 is 0 Å².